The topological polar surface area (TPSA) is 61.6 Å². The van der Waals surface area contributed by atoms with Gasteiger partial charge in [-0.25, -0.2) is 0 Å². The SMILES string of the molecule is CCOc1cc(C=C[N+](=O)[O-])cc(Br)c1OCc1ccccc1. The van der Waals surface area contributed by atoms with Gasteiger partial charge in [-0.2, -0.15) is 0 Å². The van der Waals surface area contributed by atoms with E-state index in [1.54, 1.807) is 12.1 Å². The number of halogens is 1. The molecule has 0 bridgehead atoms. The van der Waals surface area contributed by atoms with Gasteiger partial charge in [-0.3, -0.25) is 10.1 Å². The van der Waals surface area contributed by atoms with Gasteiger partial charge in [-0.15, -0.1) is 0 Å². The minimum atomic E-state index is -0.506. The van der Waals surface area contributed by atoms with Crippen LogP contribution >= 0.6 is 15.9 Å². The summed E-state index contributed by atoms with van der Waals surface area (Å²) < 4.78 is 12.1. The Morgan fingerprint density at radius 3 is 2.61 bits per heavy atom. The summed E-state index contributed by atoms with van der Waals surface area (Å²) in [5.41, 5.74) is 1.70. The summed E-state index contributed by atoms with van der Waals surface area (Å²) in [4.78, 5) is 9.94. The molecule has 120 valence electrons. The third kappa shape index (κ3) is 5.10. The fraction of sp³-hybridized carbons (Fsp3) is 0.176. The third-order valence-corrected chi connectivity index (χ3v) is 3.54. The number of hydrogen-bond acceptors (Lipinski definition) is 4. The Balaban J connectivity index is 2.25. The van der Waals surface area contributed by atoms with Crippen LogP contribution in [0.4, 0.5) is 0 Å². The molecule has 0 aliphatic heterocycles. The van der Waals surface area contributed by atoms with E-state index in [9.17, 15) is 10.1 Å². The molecule has 23 heavy (non-hydrogen) atoms. The van der Waals surface area contributed by atoms with Crippen LogP contribution in [-0.2, 0) is 6.61 Å². The molecular formula is C17H16BrNO4. The summed E-state index contributed by atoms with van der Waals surface area (Å²) in [5, 5.41) is 10.4. The Hall–Kier alpha value is -2.34. The molecule has 0 amide bonds. The molecule has 0 fully saturated rings. The number of benzene rings is 2. The van der Waals surface area contributed by atoms with Crippen LogP contribution in [-0.4, -0.2) is 11.5 Å². The van der Waals surface area contributed by atoms with Gasteiger partial charge in [-0.1, -0.05) is 30.3 Å². The zero-order chi connectivity index (χ0) is 16.7. The minimum absolute atomic E-state index is 0.406. The Morgan fingerprint density at radius 2 is 1.96 bits per heavy atom. The van der Waals surface area contributed by atoms with E-state index in [2.05, 4.69) is 15.9 Å². The van der Waals surface area contributed by atoms with E-state index in [1.165, 1.54) is 6.08 Å². The normalized spacial score (nSPS) is 10.7. The maximum atomic E-state index is 10.4. The van der Waals surface area contributed by atoms with Gasteiger partial charge in [0.05, 0.1) is 16.0 Å². The lowest BCUT2D eigenvalue weighted by molar-refractivity contribution is -0.400. The van der Waals surface area contributed by atoms with Crippen molar-refractivity contribution in [3.05, 3.63) is 74.4 Å². The number of ether oxygens (including phenoxy) is 2. The number of nitro groups is 1. The highest BCUT2D eigenvalue weighted by atomic mass is 79.9. The van der Waals surface area contributed by atoms with E-state index in [-0.39, 0.29) is 0 Å². The maximum absolute atomic E-state index is 10.4. The molecule has 2 rings (SSSR count). The second kappa shape index (κ2) is 8.33. The van der Waals surface area contributed by atoms with Gasteiger partial charge >= 0.3 is 0 Å². The number of nitrogens with zero attached hydrogens (tertiary/aromatic N) is 1. The van der Waals surface area contributed by atoms with E-state index in [0.717, 1.165) is 11.8 Å². The maximum Gasteiger partial charge on any atom is 0.235 e. The smallest absolute Gasteiger partial charge is 0.235 e. The summed E-state index contributed by atoms with van der Waals surface area (Å²) >= 11 is 3.44. The van der Waals surface area contributed by atoms with Crippen molar-refractivity contribution in [2.24, 2.45) is 0 Å². The highest BCUT2D eigenvalue weighted by molar-refractivity contribution is 9.10. The van der Waals surface area contributed by atoms with Crippen molar-refractivity contribution in [1.29, 1.82) is 0 Å². The Bertz CT molecular complexity index is 701. The molecule has 0 saturated heterocycles. The van der Waals surface area contributed by atoms with Crippen LogP contribution in [0.5, 0.6) is 11.5 Å². The van der Waals surface area contributed by atoms with Gasteiger partial charge in [0, 0.05) is 6.08 Å². The fourth-order valence-electron chi connectivity index (χ4n) is 1.96. The summed E-state index contributed by atoms with van der Waals surface area (Å²) in [7, 11) is 0. The highest BCUT2D eigenvalue weighted by Crippen LogP contribution is 2.37. The van der Waals surface area contributed by atoms with Crippen LogP contribution in [0.15, 0.2) is 53.1 Å². The van der Waals surface area contributed by atoms with Crippen LogP contribution in [0, 0.1) is 10.1 Å². The first kappa shape index (κ1) is 17.0. The van der Waals surface area contributed by atoms with E-state index in [1.807, 2.05) is 37.3 Å². The van der Waals surface area contributed by atoms with Crippen LogP contribution in [0.1, 0.15) is 18.1 Å². The molecule has 0 aromatic heterocycles. The average Bonchev–Trinajstić information content (AvgIpc) is 2.53. The minimum Gasteiger partial charge on any atom is -0.490 e. The van der Waals surface area contributed by atoms with E-state index in [4.69, 9.17) is 9.47 Å². The highest BCUT2D eigenvalue weighted by Gasteiger charge is 2.12. The molecule has 5 nitrogen and oxygen atoms in total. The molecule has 6 heteroatoms. The molecule has 2 aromatic carbocycles. The van der Waals surface area contributed by atoms with Gasteiger partial charge in [-0.05, 0) is 46.1 Å². The van der Waals surface area contributed by atoms with Crippen molar-refractivity contribution in [3.8, 4) is 11.5 Å². The van der Waals surface area contributed by atoms with Crippen LogP contribution in [0.25, 0.3) is 6.08 Å². The van der Waals surface area contributed by atoms with Gasteiger partial charge in [0.15, 0.2) is 11.5 Å². The molecule has 0 radical (unpaired) electrons. The van der Waals surface area contributed by atoms with Crippen LogP contribution < -0.4 is 9.47 Å². The molecule has 0 atom stereocenters. The first-order valence-corrected chi connectivity index (χ1v) is 7.84. The summed E-state index contributed by atoms with van der Waals surface area (Å²) in [5.74, 6) is 1.12. The largest absolute Gasteiger partial charge is 0.490 e. The Kier molecular flexibility index (Phi) is 6.17. The van der Waals surface area contributed by atoms with Gasteiger partial charge in [0.1, 0.15) is 6.61 Å². The van der Waals surface area contributed by atoms with Gasteiger partial charge in [0.25, 0.3) is 0 Å². The molecule has 0 heterocycles. The van der Waals surface area contributed by atoms with Crippen molar-refractivity contribution >= 4 is 22.0 Å². The first-order chi connectivity index (χ1) is 11.1. The molecule has 0 unspecified atom stereocenters. The van der Waals surface area contributed by atoms with Crippen molar-refractivity contribution in [3.63, 3.8) is 0 Å². The van der Waals surface area contributed by atoms with E-state index in [0.29, 0.717) is 34.7 Å². The molecule has 0 saturated carbocycles. The van der Waals surface area contributed by atoms with E-state index < -0.39 is 4.92 Å². The second-order valence-electron chi connectivity index (χ2n) is 4.64. The quantitative estimate of drug-likeness (QED) is 0.519. The zero-order valence-corrected chi connectivity index (χ0v) is 14.2. The molecule has 0 N–H and O–H groups in total. The molecule has 2 aromatic rings. The van der Waals surface area contributed by atoms with Crippen LogP contribution in [0.3, 0.4) is 0 Å². The lowest BCUT2D eigenvalue weighted by atomic mass is 10.2. The monoisotopic (exact) mass is 377 g/mol. The molecule has 0 aliphatic carbocycles. The van der Waals surface area contributed by atoms with Crippen molar-refractivity contribution in [2.75, 3.05) is 6.61 Å². The third-order valence-electron chi connectivity index (χ3n) is 2.95. The van der Waals surface area contributed by atoms with Crippen molar-refractivity contribution in [1.82, 2.24) is 0 Å². The summed E-state index contributed by atoms with van der Waals surface area (Å²) in [6, 6.07) is 13.3. The summed E-state index contributed by atoms with van der Waals surface area (Å²) in [6.45, 7) is 2.74. The predicted molar refractivity (Wildman–Crippen MR) is 92.1 cm³/mol. The first-order valence-electron chi connectivity index (χ1n) is 7.05. The summed E-state index contributed by atoms with van der Waals surface area (Å²) in [6.07, 6.45) is 2.30. The van der Waals surface area contributed by atoms with Gasteiger partial charge in [0.2, 0.25) is 6.20 Å². The second-order valence-corrected chi connectivity index (χ2v) is 5.49. The van der Waals surface area contributed by atoms with Crippen molar-refractivity contribution in [2.45, 2.75) is 13.5 Å². The predicted octanol–water partition coefficient (Wildman–Crippen LogP) is 4.67. The van der Waals surface area contributed by atoms with Crippen molar-refractivity contribution < 1.29 is 14.4 Å². The fourth-order valence-corrected chi connectivity index (χ4v) is 2.54. The molecule has 0 aliphatic rings. The van der Waals surface area contributed by atoms with Gasteiger partial charge < -0.3 is 9.47 Å². The zero-order valence-electron chi connectivity index (χ0n) is 12.6. The molecule has 0 spiro atoms. The Morgan fingerprint density at radius 1 is 1.22 bits per heavy atom. The molecular weight excluding hydrogens is 362 g/mol. The standard InChI is InChI=1S/C17H16BrNO4/c1-2-22-16-11-14(8-9-19(20)21)10-15(18)17(16)23-12-13-6-4-3-5-7-13/h3-11H,2,12H2,1H3. The number of hydrogen-bond donors (Lipinski definition) is 0. The lowest BCUT2D eigenvalue weighted by Gasteiger charge is -2.14. The number of rotatable bonds is 7. The lowest BCUT2D eigenvalue weighted by Crippen LogP contribution is -2.01. The Labute approximate surface area is 142 Å². The average molecular weight is 378 g/mol. The van der Waals surface area contributed by atoms with E-state index >= 15 is 0 Å². The van der Waals surface area contributed by atoms with Crippen LogP contribution in [0.2, 0.25) is 0 Å².